The van der Waals surface area contributed by atoms with Crippen LogP contribution in [0.4, 0.5) is 0 Å². The molecule has 12 heavy (non-hydrogen) atoms. The first kappa shape index (κ1) is 7.06. The van der Waals surface area contributed by atoms with Crippen LogP contribution in [0.15, 0.2) is 36.5 Å². The molecular formula is C9H7NO2. The number of aromatic nitrogens is 1. The third-order valence-corrected chi connectivity index (χ3v) is 1.72. The first-order valence-corrected chi connectivity index (χ1v) is 3.57. The number of nitrogens with zero attached hydrogens (tertiary/aromatic N) is 1. The fourth-order valence-corrected chi connectivity index (χ4v) is 1.16. The van der Waals surface area contributed by atoms with Crippen LogP contribution in [0.2, 0.25) is 0 Å². The Kier molecular flexibility index (Phi) is 1.64. The number of benzene rings is 1. The molecule has 1 aromatic carbocycles. The minimum Gasteiger partial charge on any atom is -0.319 e. The van der Waals surface area contributed by atoms with Gasteiger partial charge >= 0.3 is 0 Å². The molecule has 0 aliphatic carbocycles. The highest BCUT2D eigenvalue weighted by Crippen LogP contribution is 2.21. The summed E-state index contributed by atoms with van der Waals surface area (Å²) < 4.78 is 0. The Morgan fingerprint density at radius 2 is 2.00 bits per heavy atom. The summed E-state index contributed by atoms with van der Waals surface area (Å²) in [5.74, 6) is 0.244. The van der Waals surface area contributed by atoms with E-state index in [1.807, 2.05) is 30.3 Å². The molecule has 0 unspecified atom stereocenters. The van der Waals surface area contributed by atoms with Crippen molar-refractivity contribution in [1.82, 2.24) is 4.98 Å². The van der Waals surface area contributed by atoms with Gasteiger partial charge < -0.3 is 4.89 Å². The summed E-state index contributed by atoms with van der Waals surface area (Å²) in [4.78, 5) is 7.97. The molecule has 0 aliphatic heterocycles. The van der Waals surface area contributed by atoms with Gasteiger partial charge in [-0.15, -0.1) is 0 Å². The van der Waals surface area contributed by atoms with E-state index in [0.29, 0.717) is 0 Å². The zero-order valence-corrected chi connectivity index (χ0v) is 6.27. The van der Waals surface area contributed by atoms with Crippen molar-refractivity contribution in [3.63, 3.8) is 0 Å². The third kappa shape index (κ3) is 1.00. The first-order valence-electron chi connectivity index (χ1n) is 3.57. The van der Waals surface area contributed by atoms with Gasteiger partial charge in [-0.05, 0) is 17.5 Å². The largest absolute Gasteiger partial charge is 0.319 e. The van der Waals surface area contributed by atoms with Crippen molar-refractivity contribution < 1.29 is 10.1 Å². The van der Waals surface area contributed by atoms with Gasteiger partial charge in [0.25, 0.3) is 5.88 Å². The van der Waals surface area contributed by atoms with Crippen molar-refractivity contribution >= 4 is 10.8 Å². The monoisotopic (exact) mass is 161 g/mol. The summed E-state index contributed by atoms with van der Waals surface area (Å²) in [6.07, 6.45) is 1.59. The van der Waals surface area contributed by atoms with Gasteiger partial charge in [0.2, 0.25) is 0 Å². The smallest absolute Gasteiger partial charge is 0.263 e. The van der Waals surface area contributed by atoms with Crippen LogP contribution in [0.5, 0.6) is 5.88 Å². The Labute approximate surface area is 69.2 Å². The van der Waals surface area contributed by atoms with Crippen LogP contribution in [0.1, 0.15) is 0 Å². The molecule has 2 aromatic rings. The Hall–Kier alpha value is -1.61. The lowest BCUT2D eigenvalue weighted by Crippen LogP contribution is -1.88. The average molecular weight is 161 g/mol. The molecule has 2 rings (SSSR count). The van der Waals surface area contributed by atoms with E-state index in [4.69, 9.17) is 5.26 Å². The zero-order chi connectivity index (χ0) is 8.39. The highest BCUT2D eigenvalue weighted by Gasteiger charge is 2.00. The van der Waals surface area contributed by atoms with Crippen LogP contribution in [-0.4, -0.2) is 10.2 Å². The fourth-order valence-electron chi connectivity index (χ4n) is 1.16. The van der Waals surface area contributed by atoms with Crippen molar-refractivity contribution in [2.45, 2.75) is 0 Å². The SMILES string of the molecule is OOc1nccc2ccccc12. The molecular weight excluding hydrogens is 154 g/mol. The zero-order valence-electron chi connectivity index (χ0n) is 6.27. The molecule has 0 radical (unpaired) electrons. The van der Waals surface area contributed by atoms with Crippen molar-refractivity contribution in [2.24, 2.45) is 0 Å². The second-order valence-electron chi connectivity index (χ2n) is 2.43. The van der Waals surface area contributed by atoms with E-state index in [-0.39, 0.29) is 5.88 Å². The minimum atomic E-state index is 0.244. The van der Waals surface area contributed by atoms with Crippen molar-refractivity contribution in [3.8, 4) is 5.88 Å². The number of rotatable bonds is 1. The maximum atomic E-state index is 8.47. The lowest BCUT2D eigenvalue weighted by atomic mass is 10.2. The Balaban J connectivity index is 2.79. The highest BCUT2D eigenvalue weighted by molar-refractivity contribution is 5.86. The number of fused-ring (bicyclic) bond motifs is 1. The third-order valence-electron chi connectivity index (χ3n) is 1.72. The molecule has 0 saturated carbocycles. The van der Waals surface area contributed by atoms with E-state index >= 15 is 0 Å². The van der Waals surface area contributed by atoms with E-state index in [1.54, 1.807) is 6.20 Å². The van der Waals surface area contributed by atoms with Gasteiger partial charge in [-0.1, -0.05) is 18.2 Å². The molecule has 60 valence electrons. The normalized spacial score (nSPS) is 10.1. The second kappa shape index (κ2) is 2.79. The van der Waals surface area contributed by atoms with Crippen LogP contribution < -0.4 is 4.89 Å². The van der Waals surface area contributed by atoms with Gasteiger partial charge in [0.05, 0.1) is 0 Å². The number of hydrogen-bond acceptors (Lipinski definition) is 3. The lowest BCUT2D eigenvalue weighted by molar-refractivity contribution is -0.140. The summed E-state index contributed by atoms with van der Waals surface area (Å²) in [5, 5.41) is 10.3. The highest BCUT2D eigenvalue weighted by atomic mass is 17.1. The minimum absolute atomic E-state index is 0.244. The molecule has 0 saturated heterocycles. The topological polar surface area (TPSA) is 42.4 Å². The molecule has 3 heteroatoms. The van der Waals surface area contributed by atoms with Gasteiger partial charge in [-0.2, -0.15) is 0 Å². The van der Waals surface area contributed by atoms with E-state index < -0.39 is 0 Å². The second-order valence-corrected chi connectivity index (χ2v) is 2.43. The van der Waals surface area contributed by atoms with E-state index in [1.165, 1.54) is 0 Å². The quantitative estimate of drug-likeness (QED) is 0.514. The predicted molar refractivity (Wildman–Crippen MR) is 45.0 cm³/mol. The van der Waals surface area contributed by atoms with Crippen LogP contribution in [0.3, 0.4) is 0 Å². The molecule has 0 bridgehead atoms. The standard InChI is InChI=1S/C9H7NO2/c11-12-9-8-4-2-1-3-7(8)5-6-10-9/h1-6,11H. The Bertz CT molecular complexity index is 395. The van der Waals surface area contributed by atoms with Crippen molar-refractivity contribution in [1.29, 1.82) is 0 Å². The molecule has 0 amide bonds. The molecule has 1 N–H and O–H groups in total. The summed E-state index contributed by atoms with van der Waals surface area (Å²) in [5.41, 5.74) is 0. The van der Waals surface area contributed by atoms with Gasteiger partial charge in [-0.25, -0.2) is 10.2 Å². The van der Waals surface area contributed by atoms with Crippen LogP contribution in [0.25, 0.3) is 10.8 Å². The predicted octanol–water partition coefficient (Wildman–Crippen LogP) is 2.09. The summed E-state index contributed by atoms with van der Waals surface area (Å²) in [6.45, 7) is 0. The van der Waals surface area contributed by atoms with Crippen LogP contribution in [0, 0.1) is 0 Å². The maximum absolute atomic E-state index is 8.47. The fraction of sp³-hybridized carbons (Fsp3) is 0. The van der Waals surface area contributed by atoms with E-state index in [2.05, 4.69) is 9.87 Å². The van der Waals surface area contributed by atoms with Crippen molar-refractivity contribution in [3.05, 3.63) is 36.5 Å². The number of hydrogen-bond donors (Lipinski definition) is 1. The summed E-state index contributed by atoms with van der Waals surface area (Å²) in [7, 11) is 0. The van der Waals surface area contributed by atoms with Gasteiger partial charge in [0.1, 0.15) is 0 Å². The Morgan fingerprint density at radius 1 is 1.17 bits per heavy atom. The van der Waals surface area contributed by atoms with Gasteiger partial charge in [-0.3, -0.25) is 0 Å². The van der Waals surface area contributed by atoms with Gasteiger partial charge in [0, 0.05) is 11.6 Å². The summed E-state index contributed by atoms with van der Waals surface area (Å²) in [6, 6.07) is 9.42. The molecule has 1 aromatic heterocycles. The maximum Gasteiger partial charge on any atom is 0.263 e. The molecule has 3 nitrogen and oxygen atoms in total. The van der Waals surface area contributed by atoms with Crippen LogP contribution in [-0.2, 0) is 0 Å². The number of pyridine rings is 1. The molecule has 1 heterocycles. The van der Waals surface area contributed by atoms with Crippen LogP contribution >= 0.6 is 0 Å². The summed E-state index contributed by atoms with van der Waals surface area (Å²) >= 11 is 0. The van der Waals surface area contributed by atoms with E-state index in [0.717, 1.165) is 10.8 Å². The lowest BCUT2D eigenvalue weighted by Gasteiger charge is -1.99. The Morgan fingerprint density at radius 3 is 2.83 bits per heavy atom. The molecule has 0 atom stereocenters. The van der Waals surface area contributed by atoms with Gasteiger partial charge in [0.15, 0.2) is 0 Å². The molecule has 0 fully saturated rings. The molecule has 0 spiro atoms. The average Bonchev–Trinajstić information content (AvgIpc) is 2.17. The van der Waals surface area contributed by atoms with E-state index in [9.17, 15) is 0 Å². The molecule has 0 aliphatic rings. The van der Waals surface area contributed by atoms with Crippen molar-refractivity contribution in [2.75, 3.05) is 0 Å². The first-order chi connectivity index (χ1) is 5.92.